The molecule has 4 heteroatoms. The highest BCUT2D eigenvalue weighted by Gasteiger charge is 2.19. The van der Waals surface area contributed by atoms with Crippen LogP contribution in [0.3, 0.4) is 0 Å². The van der Waals surface area contributed by atoms with E-state index in [2.05, 4.69) is 21.2 Å². The van der Waals surface area contributed by atoms with Gasteiger partial charge in [0, 0.05) is 11.8 Å². The van der Waals surface area contributed by atoms with Crippen LogP contribution in [0.25, 0.3) is 0 Å². The Morgan fingerprint density at radius 2 is 2.31 bits per heavy atom. The van der Waals surface area contributed by atoms with Gasteiger partial charge in [0.2, 0.25) is 5.91 Å². The van der Waals surface area contributed by atoms with E-state index in [-0.39, 0.29) is 5.91 Å². The molecule has 0 fully saturated rings. The first-order valence-electron chi connectivity index (χ1n) is 3.87. The van der Waals surface area contributed by atoms with Crippen molar-refractivity contribution in [2.75, 3.05) is 12.4 Å². The van der Waals surface area contributed by atoms with Crippen molar-refractivity contribution in [1.82, 2.24) is 0 Å². The van der Waals surface area contributed by atoms with Crippen LogP contribution in [-0.4, -0.2) is 13.0 Å². The van der Waals surface area contributed by atoms with Crippen molar-refractivity contribution in [1.29, 1.82) is 0 Å². The Kier molecular flexibility index (Phi) is 2.00. The van der Waals surface area contributed by atoms with Gasteiger partial charge in [0.15, 0.2) is 0 Å². The second-order valence-electron chi connectivity index (χ2n) is 2.87. The van der Waals surface area contributed by atoms with Crippen LogP contribution in [0, 0.1) is 0 Å². The molecule has 0 aliphatic carbocycles. The van der Waals surface area contributed by atoms with Gasteiger partial charge in [-0.05, 0) is 27.6 Å². The number of carbonyl (C=O) groups is 1. The quantitative estimate of drug-likeness (QED) is 0.817. The number of carbonyl (C=O) groups excluding carboxylic acids is 1. The molecule has 3 nitrogen and oxygen atoms in total. The molecule has 1 aromatic carbocycles. The lowest BCUT2D eigenvalue weighted by molar-refractivity contribution is -0.115. The number of nitrogens with one attached hydrogen (secondary N) is 1. The van der Waals surface area contributed by atoms with Crippen LogP contribution < -0.4 is 10.1 Å². The normalized spacial score (nSPS) is 13.8. The number of hydrogen-bond donors (Lipinski definition) is 1. The molecule has 0 aromatic heterocycles. The molecule has 1 aliphatic rings. The Morgan fingerprint density at radius 1 is 1.54 bits per heavy atom. The number of anilines is 1. The molecule has 1 N–H and O–H groups in total. The summed E-state index contributed by atoms with van der Waals surface area (Å²) in [7, 11) is 1.60. The maximum Gasteiger partial charge on any atom is 0.228 e. The number of amides is 1. The molecule has 0 spiro atoms. The molecule has 0 radical (unpaired) electrons. The summed E-state index contributed by atoms with van der Waals surface area (Å²) in [6, 6.07) is 3.73. The lowest BCUT2D eigenvalue weighted by atomic mass is 10.1. The number of fused-ring (bicyclic) bond motifs is 1. The van der Waals surface area contributed by atoms with E-state index in [0.29, 0.717) is 6.42 Å². The Labute approximate surface area is 84.2 Å². The first kappa shape index (κ1) is 8.56. The highest BCUT2D eigenvalue weighted by Crippen LogP contribution is 2.34. The van der Waals surface area contributed by atoms with Gasteiger partial charge in [0.05, 0.1) is 18.0 Å². The second kappa shape index (κ2) is 3.03. The zero-order valence-electron chi connectivity index (χ0n) is 7.06. The third kappa shape index (κ3) is 1.42. The summed E-state index contributed by atoms with van der Waals surface area (Å²) in [5, 5.41) is 2.76. The van der Waals surface area contributed by atoms with Crippen LogP contribution in [0.1, 0.15) is 5.56 Å². The molecule has 2 rings (SSSR count). The van der Waals surface area contributed by atoms with Gasteiger partial charge in [-0.1, -0.05) is 0 Å². The molecule has 1 heterocycles. The van der Waals surface area contributed by atoms with Gasteiger partial charge in [0.25, 0.3) is 0 Å². The molecule has 1 amide bonds. The third-order valence-corrected chi connectivity index (χ3v) is 2.62. The summed E-state index contributed by atoms with van der Waals surface area (Å²) in [4.78, 5) is 11.0. The second-order valence-corrected chi connectivity index (χ2v) is 3.72. The minimum absolute atomic E-state index is 0.0372. The molecule has 0 bridgehead atoms. The van der Waals surface area contributed by atoms with E-state index >= 15 is 0 Å². The standard InChI is InChI=1S/C9H8BrNO2/c1-13-8-4-7-5(2-6(8)10)3-9(12)11-7/h2,4H,3H2,1H3,(H,11,12). The lowest BCUT2D eigenvalue weighted by Crippen LogP contribution is -2.03. The topological polar surface area (TPSA) is 38.3 Å². The summed E-state index contributed by atoms with van der Waals surface area (Å²) in [6.45, 7) is 0. The summed E-state index contributed by atoms with van der Waals surface area (Å²) in [5.74, 6) is 0.774. The van der Waals surface area contributed by atoms with Gasteiger partial charge in [-0.3, -0.25) is 4.79 Å². The van der Waals surface area contributed by atoms with Crippen LogP contribution in [0.5, 0.6) is 5.75 Å². The highest BCUT2D eigenvalue weighted by molar-refractivity contribution is 9.10. The van der Waals surface area contributed by atoms with Gasteiger partial charge < -0.3 is 10.1 Å². The van der Waals surface area contributed by atoms with Crippen LogP contribution in [0.15, 0.2) is 16.6 Å². The summed E-state index contributed by atoms with van der Waals surface area (Å²) in [5.41, 5.74) is 1.86. The first-order valence-corrected chi connectivity index (χ1v) is 4.66. The fourth-order valence-electron chi connectivity index (χ4n) is 1.38. The largest absolute Gasteiger partial charge is 0.495 e. The van der Waals surface area contributed by atoms with Crippen LogP contribution >= 0.6 is 15.9 Å². The minimum atomic E-state index is 0.0372. The molecule has 0 saturated carbocycles. The van der Waals surface area contributed by atoms with E-state index in [4.69, 9.17) is 4.74 Å². The van der Waals surface area contributed by atoms with E-state index in [0.717, 1.165) is 21.5 Å². The average Bonchev–Trinajstić information content (AvgIpc) is 2.42. The number of rotatable bonds is 1. The van der Waals surface area contributed by atoms with E-state index < -0.39 is 0 Å². The molecule has 0 saturated heterocycles. The van der Waals surface area contributed by atoms with E-state index in [1.807, 2.05) is 12.1 Å². The molecule has 68 valence electrons. The van der Waals surface area contributed by atoms with Crippen molar-refractivity contribution in [2.24, 2.45) is 0 Å². The smallest absolute Gasteiger partial charge is 0.228 e. The van der Waals surface area contributed by atoms with Gasteiger partial charge >= 0.3 is 0 Å². The molecule has 13 heavy (non-hydrogen) atoms. The maximum atomic E-state index is 11.0. The fourth-order valence-corrected chi connectivity index (χ4v) is 1.93. The predicted molar refractivity (Wildman–Crippen MR) is 53.0 cm³/mol. The van der Waals surface area contributed by atoms with Crippen molar-refractivity contribution >= 4 is 27.5 Å². The predicted octanol–water partition coefficient (Wildman–Crippen LogP) is 1.95. The van der Waals surface area contributed by atoms with Gasteiger partial charge in [-0.2, -0.15) is 0 Å². The first-order chi connectivity index (χ1) is 6.20. The number of halogens is 1. The van der Waals surface area contributed by atoms with E-state index in [9.17, 15) is 4.79 Å². The van der Waals surface area contributed by atoms with Crippen molar-refractivity contribution in [3.05, 3.63) is 22.2 Å². The van der Waals surface area contributed by atoms with Crippen LogP contribution in [0.2, 0.25) is 0 Å². The zero-order chi connectivity index (χ0) is 9.42. The Balaban J connectivity index is 2.50. The van der Waals surface area contributed by atoms with E-state index in [1.54, 1.807) is 7.11 Å². The van der Waals surface area contributed by atoms with Crippen molar-refractivity contribution < 1.29 is 9.53 Å². The Bertz CT molecular complexity index is 376. The molecular weight excluding hydrogens is 234 g/mol. The summed E-state index contributed by atoms with van der Waals surface area (Å²) < 4.78 is 5.99. The Morgan fingerprint density at radius 3 is 3.00 bits per heavy atom. The fraction of sp³-hybridized carbons (Fsp3) is 0.222. The number of methoxy groups -OCH3 is 1. The maximum absolute atomic E-state index is 11.0. The average molecular weight is 242 g/mol. The lowest BCUT2D eigenvalue weighted by Gasteiger charge is -2.05. The highest BCUT2D eigenvalue weighted by atomic mass is 79.9. The third-order valence-electron chi connectivity index (χ3n) is 2.00. The van der Waals surface area contributed by atoms with Crippen molar-refractivity contribution in [3.8, 4) is 5.75 Å². The minimum Gasteiger partial charge on any atom is -0.495 e. The van der Waals surface area contributed by atoms with Crippen molar-refractivity contribution in [3.63, 3.8) is 0 Å². The number of ether oxygens (including phenoxy) is 1. The molecule has 1 aliphatic heterocycles. The van der Waals surface area contributed by atoms with Crippen LogP contribution in [0.4, 0.5) is 5.69 Å². The Hall–Kier alpha value is -1.03. The zero-order valence-corrected chi connectivity index (χ0v) is 8.64. The summed E-state index contributed by atoms with van der Waals surface area (Å²) in [6.07, 6.45) is 0.456. The van der Waals surface area contributed by atoms with E-state index in [1.165, 1.54) is 0 Å². The summed E-state index contributed by atoms with van der Waals surface area (Å²) >= 11 is 3.37. The van der Waals surface area contributed by atoms with Gasteiger partial charge in [0.1, 0.15) is 5.75 Å². The van der Waals surface area contributed by atoms with Crippen molar-refractivity contribution in [2.45, 2.75) is 6.42 Å². The SMILES string of the molecule is COc1cc2c(cc1Br)CC(=O)N2. The molecule has 0 unspecified atom stereocenters. The van der Waals surface area contributed by atoms with Crippen LogP contribution in [-0.2, 0) is 11.2 Å². The number of benzene rings is 1. The molecule has 1 aromatic rings. The molecule has 0 atom stereocenters. The molecular formula is C9H8BrNO2. The van der Waals surface area contributed by atoms with Gasteiger partial charge in [-0.15, -0.1) is 0 Å². The number of hydrogen-bond acceptors (Lipinski definition) is 2. The monoisotopic (exact) mass is 241 g/mol. The van der Waals surface area contributed by atoms with Gasteiger partial charge in [-0.25, -0.2) is 0 Å².